The fraction of sp³-hybridized carbons (Fsp3) is 0.714. The normalized spacial score (nSPS) is 29.3. The molecular weight excluding hydrogens is 303 g/mol. The Morgan fingerprint density at radius 2 is 0.895 bits per heavy atom. The second-order valence-corrected chi connectivity index (χ2v) is 6.00. The molecule has 1 saturated heterocycles. The molecule has 0 atom stereocenters. The molecule has 1 heterocycles. The van der Waals surface area contributed by atoms with Gasteiger partial charge in [0.2, 0.25) is 0 Å². The maximum absolute atomic E-state index is 11.1. The third-order valence-electron chi connectivity index (χ3n) is 2.79. The van der Waals surface area contributed by atoms with Crippen molar-refractivity contribution in [3.63, 3.8) is 0 Å². The van der Waals surface area contributed by atoms with Crippen LogP contribution >= 0.6 is 0 Å². The summed E-state index contributed by atoms with van der Waals surface area (Å²) in [7, 11) is 0. The minimum atomic E-state index is -3.75. The van der Waals surface area contributed by atoms with Gasteiger partial charge in [-0.05, 0) is 38.5 Å². The molecule has 0 nitrogen and oxygen atoms in total. The first-order chi connectivity index (χ1) is 8.96. The van der Waals surface area contributed by atoms with Crippen molar-refractivity contribution in [2.24, 2.45) is 0 Å². The number of hydrogen-bond donors (Lipinski definition) is 0. The van der Waals surface area contributed by atoms with Crippen LogP contribution in [-0.2, 0) is 14.4 Å². The average molecular weight is 323 g/mol. The Balaban J connectivity index is 0.000000218. The topological polar surface area (TPSA) is 0 Å². The van der Waals surface area contributed by atoms with E-state index in [-0.39, 0.29) is 0 Å². The van der Waals surface area contributed by atoms with Crippen LogP contribution in [-0.4, -0.2) is 9.79 Å². The van der Waals surface area contributed by atoms with E-state index in [0.29, 0.717) is 0 Å². The zero-order valence-electron chi connectivity index (χ0n) is 10.8. The van der Waals surface area contributed by atoms with Crippen LogP contribution in [0.15, 0.2) is 24.3 Å². The average Bonchev–Trinajstić information content (AvgIpc) is 2.75. The van der Waals surface area contributed by atoms with Crippen molar-refractivity contribution in [2.45, 2.75) is 61.2 Å². The standard InChI is InChI=1S/C12H20.C2F4.Ni/c1-2-4-6-8-10-12-11-9-7-5-3-1;3-1(4)2(5)6;/h1-2,7,9H,3-6,8,10-12H2;;/b2-1-,9-7-;;. The molecule has 19 heavy (non-hydrogen) atoms. The molecule has 0 amide bonds. The second-order valence-electron chi connectivity index (χ2n) is 4.51. The van der Waals surface area contributed by atoms with E-state index in [4.69, 9.17) is 0 Å². The first-order valence-corrected chi connectivity index (χ1v) is 7.61. The first-order valence-electron chi connectivity index (χ1n) is 6.62. The van der Waals surface area contributed by atoms with Gasteiger partial charge in [-0.2, -0.15) is 0 Å². The number of allylic oxidation sites excluding steroid dienone is 4. The predicted octanol–water partition coefficient (Wildman–Crippen LogP) is 5.50. The summed E-state index contributed by atoms with van der Waals surface area (Å²) in [4.78, 5) is -7.50. The van der Waals surface area contributed by atoms with E-state index in [1.54, 1.807) is 0 Å². The van der Waals surface area contributed by atoms with Crippen molar-refractivity contribution in [2.75, 3.05) is 0 Å². The van der Waals surface area contributed by atoms with Gasteiger partial charge in [-0.25, -0.2) is 0 Å². The summed E-state index contributed by atoms with van der Waals surface area (Å²) in [5, 5.41) is 0. The Morgan fingerprint density at radius 1 is 0.579 bits per heavy atom. The summed E-state index contributed by atoms with van der Waals surface area (Å²) >= 11 is -0.778. The summed E-state index contributed by atoms with van der Waals surface area (Å²) in [6.45, 7) is 0. The molecular formula is C14H20F4Ni. The number of hydrogen-bond acceptors (Lipinski definition) is 0. The van der Waals surface area contributed by atoms with Crippen LogP contribution < -0.4 is 0 Å². The quantitative estimate of drug-likeness (QED) is 0.314. The first kappa shape index (κ1) is 16.7. The molecule has 0 aromatic rings. The Labute approximate surface area is 118 Å². The van der Waals surface area contributed by atoms with Gasteiger partial charge in [0.25, 0.3) is 0 Å². The zero-order chi connectivity index (χ0) is 14.2. The molecule has 0 spiro atoms. The third kappa shape index (κ3) is 7.15. The fourth-order valence-corrected chi connectivity index (χ4v) is 1.97. The van der Waals surface area contributed by atoms with E-state index in [9.17, 15) is 17.6 Å². The van der Waals surface area contributed by atoms with Crippen LogP contribution in [0.25, 0.3) is 0 Å². The van der Waals surface area contributed by atoms with E-state index in [1.165, 1.54) is 51.4 Å². The second kappa shape index (κ2) is 8.09. The van der Waals surface area contributed by atoms with Crippen molar-refractivity contribution >= 4 is 0 Å². The van der Waals surface area contributed by atoms with Crippen molar-refractivity contribution in [1.29, 1.82) is 0 Å². The molecule has 0 unspecified atom stereocenters. The fourth-order valence-electron chi connectivity index (χ4n) is 1.65. The molecule has 0 saturated carbocycles. The molecule has 0 bridgehead atoms. The third-order valence-corrected chi connectivity index (χ3v) is 3.78. The van der Waals surface area contributed by atoms with Crippen molar-refractivity contribution in [3.05, 3.63) is 24.3 Å². The summed E-state index contributed by atoms with van der Waals surface area (Å²) in [6, 6.07) is 0. The molecule has 1 aliphatic carbocycles. The van der Waals surface area contributed by atoms with E-state index in [1.807, 2.05) is 0 Å². The van der Waals surface area contributed by atoms with Gasteiger partial charge in [0.05, 0.1) is 0 Å². The summed E-state index contributed by atoms with van der Waals surface area (Å²) < 4.78 is 44.5. The predicted molar refractivity (Wildman–Crippen MR) is 65.1 cm³/mol. The Bertz CT molecular complexity index is 281. The minimum absolute atomic E-state index is 0.778. The van der Waals surface area contributed by atoms with E-state index >= 15 is 0 Å². The van der Waals surface area contributed by atoms with Crippen LogP contribution in [0.1, 0.15) is 51.4 Å². The maximum atomic E-state index is 11.1. The van der Waals surface area contributed by atoms with Crippen LogP contribution in [0.4, 0.5) is 17.6 Å². The molecule has 0 aromatic carbocycles. The van der Waals surface area contributed by atoms with Gasteiger partial charge >= 0.3 is 41.8 Å². The molecule has 0 radical (unpaired) electrons. The molecule has 5 heteroatoms. The molecule has 1 aliphatic heterocycles. The summed E-state index contributed by atoms with van der Waals surface area (Å²) in [6.07, 6.45) is 20.0. The Kier molecular flexibility index (Phi) is 7.13. The van der Waals surface area contributed by atoms with Gasteiger partial charge in [0, 0.05) is 0 Å². The summed E-state index contributed by atoms with van der Waals surface area (Å²) in [5.41, 5.74) is 0. The van der Waals surface area contributed by atoms with Crippen LogP contribution in [0.5, 0.6) is 0 Å². The van der Waals surface area contributed by atoms with Gasteiger partial charge in [0.1, 0.15) is 0 Å². The number of halogens is 4. The number of alkyl halides is 4. The SMILES string of the molecule is C1=C\CCCCCC/C=C\CC/1.F[C]1(F)[Ni][C]1(F)F. The van der Waals surface area contributed by atoms with E-state index in [0.717, 1.165) is 0 Å². The van der Waals surface area contributed by atoms with Gasteiger partial charge in [-0.1, -0.05) is 37.1 Å². The van der Waals surface area contributed by atoms with E-state index in [2.05, 4.69) is 24.3 Å². The molecule has 0 N–H and O–H groups in total. The molecule has 2 aliphatic rings. The van der Waals surface area contributed by atoms with Crippen LogP contribution in [0.3, 0.4) is 0 Å². The summed E-state index contributed by atoms with van der Waals surface area (Å²) in [5.74, 6) is 0. The van der Waals surface area contributed by atoms with Gasteiger partial charge < -0.3 is 0 Å². The van der Waals surface area contributed by atoms with Crippen molar-refractivity contribution in [1.82, 2.24) is 0 Å². The molecule has 114 valence electrons. The zero-order valence-corrected chi connectivity index (χ0v) is 11.8. The Hall–Kier alpha value is -0.306. The number of rotatable bonds is 0. The molecule has 0 aromatic heterocycles. The van der Waals surface area contributed by atoms with Gasteiger partial charge in [0.15, 0.2) is 0 Å². The Morgan fingerprint density at radius 3 is 1.21 bits per heavy atom. The monoisotopic (exact) mass is 322 g/mol. The molecule has 1 fully saturated rings. The van der Waals surface area contributed by atoms with Gasteiger partial charge in [-0.3, -0.25) is 0 Å². The molecule has 2 rings (SSSR count). The van der Waals surface area contributed by atoms with E-state index < -0.39 is 24.2 Å². The van der Waals surface area contributed by atoms with Crippen molar-refractivity contribution < 1.29 is 32.0 Å². The van der Waals surface area contributed by atoms with Gasteiger partial charge in [-0.15, -0.1) is 0 Å². The van der Waals surface area contributed by atoms with Crippen molar-refractivity contribution in [3.8, 4) is 0 Å². The van der Waals surface area contributed by atoms with Crippen LogP contribution in [0, 0.1) is 0 Å². The van der Waals surface area contributed by atoms with Crippen LogP contribution in [0.2, 0.25) is 0 Å².